The Morgan fingerprint density at radius 3 is 2.45 bits per heavy atom. The molecule has 3 heteroatoms. The fraction of sp³-hybridized carbons (Fsp3) is 0.750. The van der Waals surface area contributed by atoms with E-state index in [0.717, 1.165) is 6.42 Å². The van der Waals surface area contributed by atoms with Crippen LogP contribution in [0.1, 0.15) is 6.42 Å². The molecular formula is C8H8O3. The van der Waals surface area contributed by atoms with Gasteiger partial charge < -0.3 is 5.11 Å². The van der Waals surface area contributed by atoms with Gasteiger partial charge in [-0.2, -0.15) is 0 Å². The molecule has 1 N–H and O–H groups in total. The minimum atomic E-state index is -0.754. The minimum absolute atomic E-state index is 0.104. The molecular weight excluding hydrogens is 144 g/mol. The number of carbonyl (C=O) groups is 2. The van der Waals surface area contributed by atoms with Crippen molar-refractivity contribution in [1.29, 1.82) is 0 Å². The standard InChI is InChI=1S/C8H8O3/c9-7-3-1-2-4(5(2)7)6(3)8(10)11/h2-6H,1H2,(H,10,11)/t2-,3-,4-,5-,6+/m0/s1. The average Bonchev–Trinajstić information content (AvgIpc) is 2.33. The van der Waals surface area contributed by atoms with Crippen molar-refractivity contribution in [2.45, 2.75) is 6.42 Å². The lowest BCUT2D eigenvalue weighted by Crippen LogP contribution is -2.19. The Hall–Kier alpha value is -0.860. The lowest BCUT2D eigenvalue weighted by Gasteiger charge is -2.05. The molecule has 0 amide bonds. The number of carboxylic acids is 1. The Balaban J connectivity index is 2.03. The first-order valence-corrected chi connectivity index (χ1v) is 3.98. The van der Waals surface area contributed by atoms with Crippen LogP contribution in [0.15, 0.2) is 0 Å². The van der Waals surface area contributed by atoms with Crippen molar-refractivity contribution in [2.24, 2.45) is 29.6 Å². The van der Waals surface area contributed by atoms with Crippen LogP contribution < -0.4 is 0 Å². The number of carboxylic acid groups (broad SMARTS) is 1. The molecule has 4 aliphatic carbocycles. The van der Waals surface area contributed by atoms with Crippen LogP contribution >= 0.6 is 0 Å². The van der Waals surface area contributed by atoms with Crippen molar-refractivity contribution in [3.8, 4) is 0 Å². The second kappa shape index (κ2) is 1.36. The van der Waals surface area contributed by atoms with Crippen molar-refractivity contribution in [1.82, 2.24) is 0 Å². The van der Waals surface area contributed by atoms with Gasteiger partial charge in [0.15, 0.2) is 0 Å². The maximum absolute atomic E-state index is 11.2. The van der Waals surface area contributed by atoms with Gasteiger partial charge in [-0.25, -0.2) is 0 Å². The normalized spacial score (nSPS) is 56.7. The Morgan fingerprint density at radius 2 is 2.27 bits per heavy atom. The van der Waals surface area contributed by atoms with Crippen LogP contribution in [-0.2, 0) is 9.59 Å². The van der Waals surface area contributed by atoms with Crippen molar-refractivity contribution in [2.75, 3.05) is 0 Å². The van der Waals surface area contributed by atoms with Gasteiger partial charge in [-0.3, -0.25) is 9.59 Å². The van der Waals surface area contributed by atoms with E-state index in [1.807, 2.05) is 0 Å². The lowest BCUT2D eigenvalue weighted by molar-refractivity contribution is -0.144. The first-order valence-electron chi connectivity index (χ1n) is 3.98. The predicted octanol–water partition coefficient (Wildman–Crippen LogP) is 0.152. The molecule has 0 saturated heterocycles. The van der Waals surface area contributed by atoms with Crippen molar-refractivity contribution in [3.63, 3.8) is 0 Å². The molecule has 0 radical (unpaired) electrons. The van der Waals surface area contributed by atoms with Crippen molar-refractivity contribution in [3.05, 3.63) is 0 Å². The maximum atomic E-state index is 11.2. The van der Waals surface area contributed by atoms with E-state index in [-0.39, 0.29) is 29.5 Å². The van der Waals surface area contributed by atoms with Gasteiger partial charge in [0, 0.05) is 11.8 Å². The number of Topliss-reactive ketones (excluding diaryl/α,β-unsaturated/α-hetero) is 1. The number of ketones is 1. The Morgan fingerprint density at radius 1 is 1.55 bits per heavy atom. The summed E-state index contributed by atoms with van der Waals surface area (Å²) in [5, 5.41) is 8.77. The summed E-state index contributed by atoms with van der Waals surface area (Å²) in [6, 6.07) is 0. The fourth-order valence-corrected chi connectivity index (χ4v) is 3.18. The van der Waals surface area contributed by atoms with Crippen molar-refractivity contribution >= 4 is 11.8 Å². The molecule has 3 nitrogen and oxygen atoms in total. The third-order valence-corrected chi connectivity index (χ3v) is 3.58. The van der Waals surface area contributed by atoms with Gasteiger partial charge >= 0.3 is 5.97 Å². The summed E-state index contributed by atoms with van der Waals surface area (Å²) in [5.41, 5.74) is 0. The van der Waals surface area contributed by atoms with E-state index in [4.69, 9.17) is 5.11 Å². The Labute approximate surface area is 63.4 Å². The third-order valence-electron chi connectivity index (χ3n) is 3.58. The Kier molecular flexibility index (Phi) is 0.708. The van der Waals surface area contributed by atoms with Crippen LogP contribution in [0.3, 0.4) is 0 Å². The van der Waals surface area contributed by atoms with Crippen LogP contribution in [0.25, 0.3) is 0 Å². The molecule has 5 atom stereocenters. The minimum Gasteiger partial charge on any atom is -0.481 e. The molecule has 0 aromatic rings. The molecule has 58 valence electrons. The highest BCUT2D eigenvalue weighted by molar-refractivity contribution is 5.98. The smallest absolute Gasteiger partial charge is 0.307 e. The first kappa shape index (κ1) is 5.75. The molecule has 11 heavy (non-hydrogen) atoms. The molecule has 0 aliphatic heterocycles. The second-order valence-corrected chi connectivity index (χ2v) is 3.88. The summed E-state index contributed by atoms with van der Waals surface area (Å²) in [6.07, 6.45) is 0.866. The molecule has 4 saturated carbocycles. The van der Waals surface area contributed by atoms with Crippen LogP contribution in [0, 0.1) is 29.6 Å². The molecule has 4 rings (SSSR count). The van der Waals surface area contributed by atoms with Gasteiger partial charge in [0.05, 0.1) is 5.92 Å². The number of aliphatic carboxylic acids is 1. The monoisotopic (exact) mass is 152 g/mol. The molecule has 4 bridgehead atoms. The topological polar surface area (TPSA) is 54.4 Å². The molecule has 0 aromatic heterocycles. The van der Waals surface area contributed by atoms with Gasteiger partial charge in [0.25, 0.3) is 0 Å². The Bertz CT molecular complexity index is 271. The predicted molar refractivity (Wildman–Crippen MR) is 34.7 cm³/mol. The summed E-state index contributed by atoms with van der Waals surface area (Å²) >= 11 is 0. The largest absolute Gasteiger partial charge is 0.481 e. The van der Waals surface area contributed by atoms with Gasteiger partial charge in [-0.15, -0.1) is 0 Å². The third kappa shape index (κ3) is 0.424. The van der Waals surface area contributed by atoms with Gasteiger partial charge in [-0.05, 0) is 18.3 Å². The number of carbonyl (C=O) groups excluding carboxylic acids is 1. The number of hydrogen-bond donors (Lipinski definition) is 1. The highest BCUT2D eigenvalue weighted by Gasteiger charge is 2.75. The van der Waals surface area contributed by atoms with E-state index in [2.05, 4.69) is 0 Å². The van der Waals surface area contributed by atoms with Crippen LogP contribution in [-0.4, -0.2) is 16.9 Å². The summed E-state index contributed by atoms with van der Waals surface area (Å²) in [7, 11) is 0. The van der Waals surface area contributed by atoms with E-state index in [1.54, 1.807) is 0 Å². The first-order chi connectivity index (χ1) is 5.22. The average molecular weight is 152 g/mol. The van der Waals surface area contributed by atoms with Gasteiger partial charge in [0.2, 0.25) is 0 Å². The van der Waals surface area contributed by atoms with Crippen LogP contribution in [0.5, 0.6) is 0 Å². The molecule has 4 fully saturated rings. The number of rotatable bonds is 1. The SMILES string of the molecule is O=C(O)[C@H]1[C@H]2[C@@H]3C[C@@H]1C(=O)[C@@H]32. The zero-order valence-corrected chi connectivity index (χ0v) is 5.86. The zero-order chi connectivity index (χ0) is 7.75. The van der Waals surface area contributed by atoms with Gasteiger partial charge in [0.1, 0.15) is 5.78 Å². The fourth-order valence-electron chi connectivity index (χ4n) is 3.18. The molecule has 0 unspecified atom stereocenters. The molecule has 0 heterocycles. The maximum Gasteiger partial charge on any atom is 0.307 e. The molecule has 4 aliphatic rings. The highest BCUT2D eigenvalue weighted by Crippen LogP contribution is 2.71. The van der Waals surface area contributed by atoms with Crippen LogP contribution in [0.2, 0.25) is 0 Å². The van der Waals surface area contributed by atoms with E-state index < -0.39 is 5.97 Å². The summed E-state index contributed by atoms with van der Waals surface area (Å²) in [5.74, 6) is -0.0482. The quantitative estimate of drug-likeness (QED) is 0.582. The van der Waals surface area contributed by atoms with Crippen LogP contribution in [0.4, 0.5) is 0 Å². The van der Waals surface area contributed by atoms with Crippen molar-refractivity contribution < 1.29 is 14.7 Å². The van der Waals surface area contributed by atoms with E-state index >= 15 is 0 Å². The van der Waals surface area contributed by atoms with E-state index in [0.29, 0.717) is 5.92 Å². The number of hydrogen-bond acceptors (Lipinski definition) is 2. The molecule has 0 aromatic carbocycles. The lowest BCUT2D eigenvalue weighted by atomic mass is 9.98. The summed E-state index contributed by atoms with van der Waals surface area (Å²) in [4.78, 5) is 21.9. The second-order valence-electron chi connectivity index (χ2n) is 3.88. The zero-order valence-electron chi connectivity index (χ0n) is 5.86. The highest BCUT2D eigenvalue weighted by atomic mass is 16.4. The summed E-state index contributed by atoms with van der Waals surface area (Å²) in [6.45, 7) is 0. The molecule has 0 spiro atoms. The summed E-state index contributed by atoms with van der Waals surface area (Å²) < 4.78 is 0. The van der Waals surface area contributed by atoms with E-state index in [1.165, 1.54) is 0 Å². The van der Waals surface area contributed by atoms with Gasteiger partial charge in [-0.1, -0.05) is 0 Å². The van der Waals surface area contributed by atoms with E-state index in [9.17, 15) is 9.59 Å².